The maximum Gasteiger partial charge on any atom is 0.266 e. The molecule has 0 spiro atoms. The van der Waals surface area contributed by atoms with Crippen LogP contribution in [-0.2, 0) is 4.79 Å². The number of fused-ring (bicyclic) bond motifs is 2. The molecule has 7 nitrogen and oxygen atoms in total. The van der Waals surface area contributed by atoms with E-state index in [0.717, 1.165) is 0 Å². The Labute approximate surface area is 189 Å². The summed E-state index contributed by atoms with van der Waals surface area (Å²) in [4.78, 5) is 38.4. The second kappa shape index (κ2) is 8.81. The molecule has 4 rings (SSSR count). The maximum atomic E-state index is 12.9. The number of amides is 1. The quantitative estimate of drug-likeness (QED) is 0.373. The molecule has 1 aliphatic carbocycles. The number of anilines is 1. The average molecular weight is 438 g/mol. The largest absolute Gasteiger partial charge is 0.497 e. The number of nitrogens with one attached hydrogen (secondary N) is 1. The molecule has 33 heavy (non-hydrogen) atoms. The van der Waals surface area contributed by atoms with E-state index in [1.165, 1.54) is 38.5 Å². The first-order valence-corrected chi connectivity index (χ1v) is 9.94. The van der Waals surface area contributed by atoms with Crippen LogP contribution in [0, 0.1) is 11.3 Å². The highest BCUT2D eigenvalue weighted by Gasteiger charge is 2.29. The molecule has 0 atom stereocenters. The fourth-order valence-electron chi connectivity index (χ4n) is 3.62. The minimum absolute atomic E-state index is 0.163. The number of benzene rings is 3. The summed E-state index contributed by atoms with van der Waals surface area (Å²) < 4.78 is 10.5. The van der Waals surface area contributed by atoms with Gasteiger partial charge in [-0.2, -0.15) is 5.26 Å². The van der Waals surface area contributed by atoms with Crippen molar-refractivity contribution in [3.05, 3.63) is 94.1 Å². The number of ether oxygens (including phenoxy) is 2. The van der Waals surface area contributed by atoms with Gasteiger partial charge in [0.25, 0.3) is 5.91 Å². The summed E-state index contributed by atoms with van der Waals surface area (Å²) in [6.45, 7) is 0. The van der Waals surface area contributed by atoms with Crippen LogP contribution in [0.25, 0.3) is 6.08 Å². The van der Waals surface area contributed by atoms with E-state index in [1.807, 2.05) is 6.07 Å². The molecule has 0 aromatic heterocycles. The van der Waals surface area contributed by atoms with Crippen LogP contribution in [0.2, 0.25) is 0 Å². The predicted molar refractivity (Wildman–Crippen MR) is 122 cm³/mol. The summed E-state index contributed by atoms with van der Waals surface area (Å²) in [7, 11) is 3.00. The maximum absolute atomic E-state index is 12.9. The van der Waals surface area contributed by atoms with Gasteiger partial charge in [0.2, 0.25) is 0 Å². The van der Waals surface area contributed by atoms with Crippen molar-refractivity contribution in [3.63, 3.8) is 0 Å². The Bertz CT molecular complexity index is 1380. The van der Waals surface area contributed by atoms with Crippen molar-refractivity contribution in [2.24, 2.45) is 0 Å². The molecule has 3 aromatic carbocycles. The van der Waals surface area contributed by atoms with E-state index in [-0.39, 0.29) is 28.3 Å². The normalized spacial score (nSPS) is 12.3. The molecule has 7 heteroatoms. The summed E-state index contributed by atoms with van der Waals surface area (Å²) in [6.07, 6.45) is 1.40. The second-order valence-corrected chi connectivity index (χ2v) is 7.20. The van der Waals surface area contributed by atoms with Crippen LogP contribution in [0.3, 0.4) is 0 Å². The zero-order valence-corrected chi connectivity index (χ0v) is 17.8. The number of methoxy groups -OCH3 is 2. The SMILES string of the molecule is COc1ccc(C=C(C#N)C(=O)Nc2ccc3c(c2)C(=O)c2ccccc2C3=O)c(OC)c1. The van der Waals surface area contributed by atoms with Gasteiger partial charge in [-0.1, -0.05) is 24.3 Å². The topological polar surface area (TPSA) is 105 Å². The van der Waals surface area contributed by atoms with Crippen LogP contribution >= 0.6 is 0 Å². The third-order valence-electron chi connectivity index (χ3n) is 5.29. The van der Waals surface area contributed by atoms with Crippen LogP contribution in [0.5, 0.6) is 11.5 Å². The van der Waals surface area contributed by atoms with Crippen LogP contribution in [0.4, 0.5) is 5.69 Å². The fraction of sp³-hybridized carbons (Fsp3) is 0.0769. The average Bonchev–Trinajstić information content (AvgIpc) is 2.85. The van der Waals surface area contributed by atoms with Gasteiger partial charge in [-0.15, -0.1) is 0 Å². The molecular formula is C26H18N2O5. The second-order valence-electron chi connectivity index (χ2n) is 7.20. The number of rotatable bonds is 5. The fourth-order valence-corrected chi connectivity index (χ4v) is 3.62. The van der Waals surface area contributed by atoms with Crippen molar-refractivity contribution >= 4 is 29.2 Å². The van der Waals surface area contributed by atoms with E-state index < -0.39 is 5.91 Å². The Morgan fingerprint density at radius 2 is 1.55 bits per heavy atom. The smallest absolute Gasteiger partial charge is 0.266 e. The molecule has 162 valence electrons. The van der Waals surface area contributed by atoms with E-state index in [0.29, 0.717) is 33.9 Å². The minimum Gasteiger partial charge on any atom is -0.497 e. The lowest BCUT2D eigenvalue weighted by molar-refractivity contribution is -0.112. The zero-order chi connectivity index (χ0) is 23.5. The van der Waals surface area contributed by atoms with Crippen molar-refractivity contribution in [2.45, 2.75) is 0 Å². The number of hydrogen-bond acceptors (Lipinski definition) is 6. The third kappa shape index (κ3) is 3.98. The van der Waals surface area contributed by atoms with Crippen molar-refractivity contribution in [1.82, 2.24) is 0 Å². The van der Waals surface area contributed by atoms with Crippen molar-refractivity contribution in [3.8, 4) is 17.6 Å². The molecule has 1 amide bonds. The molecule has 0 unspecified atom stereocenters. The van der Waals surface area contributed by atoms with E-state index in [4.69, 9.17) is 9.47 Å². The Morgan fingerprint density at radius 3 is 2.18 bits per heavy atom. The summed E-state index contributed by atoms with van der Waals surface area (Å²) in [5.74, 6) is -0.198. The molecule has 1 N–H and O–H groups in total. The summed E-state index contributed by atoms with van der Waals surface area (Å²) in [5, 5.41) is 12.2. The molecule has 0 heterocycles. The first-order valence-electron chi connectivity index (χ1n) is 9.94. The Kier molecular flexibility index (Phi) is 5.75. The molecule has 3 aromatic rings. The van der Waals surface area contributed by atoms with Crippen molar-refractivity contribution in [2.75, 3.05) is 19.5 Å². The van der Waals surface area contributed by atoms with E-state index in [1.54, 1.807) is 42.5 Å². The number of carbonyl (C=O) groups is 3. The Balaban J connectivity index is 1.63. The van der Waals surface area contributed by atoms with Gasteiger partial charge in [-0.05, 0) is 36.4 Å². The molecule has 0 fully saturated rings. The number of ketones is 2. The van der Waals surface area contributed by atoms with Gasteiger partial charge in [0, 0.05) is 39.6 Å². The van der Waals surface area contributed by atoms with Crippen LogP contribution in [-0.4, -0.2) is 31.7 Å². The first kappa shape index (κ1) is 21.5. The number of carbonyl (C=O) groups excluding carboxylic acids is 3. The van der Waals surface area contributed by atoms with E-state index in [9.17, 15) is 19.6 Å². The molecule has 0 saturated carbocycles. The molecule has 1 aliphatic rings. The zero-order valence-electron chi connectivity index (χ0n) is 17.8. The Hall–Kier alpha value is -4.70. The van der Waals surface area contributed by atoms with Crippen LogP contribution in [0.15, 0.2) is 66.2 Å². The van der Waals surface area contributed by atoms with Crippen molar-refractivity contribution < 1.29 is 23.9 Å². The lowest BCUT2D eigenvalue weighted by atomic mass is 9.84. The highest BCUT2D eigenvalue weighted by Crippen LogP contribution is 2.30. The highest BCUT2D eigenvalue weighted by atomic mass is 16.5. The molecular weight excluding hydrogens is 420 g/mol. The summed E-state index contributed by atoms with van der Waals surface area (Å²) in [6, 6.07) is 18.0. The number of nitrogens with zero attached hydrogens (tertiary/aromatic N) is 1. The van der Waals surface area contributed by atoms with E-state index >= 15 is 0 Å². The van der Waals surface area contributed by atoms with Gasteiger partial charge in [0.15, 0.2) is 11.6 Å². The van der Waals surface area contributed by atoms with E-state index in [2.05, 4.69) is 5.32 Å². The number of hydrogen-bond donors (Lipinski definition) is 1. The van der Waals surface area contributed by atoms with Crippen LogP contribution < -0.4 is 14.8 Å². The minimum atomic E-state index is -0.662. The Morgan fingerprint density at radius 1 is 0.879 bits per heavy atom. The highest BCUT2D eigenvalue weighted by molar-refractivity contribution is 6.28. The van der Waals surface area contributed by atoms with Gasteiger partial charge in [-0.3, -0.25) is 14.4 Å². The first-order chi connectivity index (χ1) is 16.0. The molecule has 0 saturated heterocycles. The third-order valence-corrected chi connectivity index (χ3v) is 5.29. The molecule has 0 radical (unpaired) electrons. The molecule has 0 aliphatic heterocycles. The standard InChI is InChI=1S/C26H18N2O5/c1-32-18-9-7-15(23(13-18)33-2)11-16(14-27)26(31)28-17-8-10-21-22(12-17)25(30)20-6-4-3-5-19(20)24(21)29/h3-13H,1-2H3,(H,28,31). The van der Waals surface area contributed by atoms with Gasteiger partial charge in [0.05, 0.1) is 14.2 Å². The van der Waals surface area contributed by atoms with Gasteiger partial charge < -0.3 is 14.8 Å². The number of nitriles is 1. The van der Waals surface area contributed by atoms with Gasteiger partial charge in [-0.25, -0.2) is 0 Å². The lowest BCUT2D eigenvalue weighted by Crippen LogP contribution is -2.21. The summed E-state index contributed by atoms with van der Waals surface area (Å²) >= 11 is 0. The van der Waals surface area contributed by atoms with Gasteiger partial charge in [0.1, 0.15) is 23.1 Å². The molecule has 0 bridgehead atoms. The van der Waals surface area contributed by atoms with Crippen LogP contribution in [0.1, 0.15) is 37.4 Å². The van der Waals surface area contributed by atoms with Crippen molar-refractivity contribution in [1.29, 1.82) is 5.26 Å². The summed E-state index contributed by atoms with van der Waals surface area (Å²) in [5.41, 5.74) is 1.81. The predicted octanol–water partition coefficient (Wildman–Crippen LogP) is 4.02. The monoisotopic (exact) mass is 438 g/mol. The van der Waals surface area contributed by atoms with Gasteiger partial charge >= 0.3 is 0 Å². The lowest BCUT2D eigenvalue weighted by Gasteiger charge is -2.18.